The monoisotopic (exact) mass is 391 g/mol. The zero-order chi connectivity index (χ0) is 18.8. The lowest BCUT2D eigenvalue weighted by atomic mass is 9.79. The zero-order valence-electron chi connectivity index (χ0n) is 13.8. The molecule has 9 nitrogen and oxygen atoms in total. The van der Waals surface area contributed by atoms with Gasteiger partial charge < -0.3 is 25.8 Å². The Balaban J connectivity index is 1.75. The Labute approximate surface area is 149 Å². The number of nitrogens with one attached hydrogen (secondary N) is 3. The van der Waals surface area contributed by atoms with Crippen LogP contribution in [0.2, 0.25) is 0 Å². The fraction of sp³-hybridized carbons (Fsp3) is 0.714. The van der Waals surface area contributed by atoms with Crippen molar-refractivity contribution < 1.29 is 29.0 Å². The Hall–Kier alpha value is -1.30. The Morgan fingerprint density at radius 3 is 2.20 bits per heavy atom. The molecule has 0 saturated carbocycles. The first-order valence-electron chi connectivity index (χ1n) is 7.94. The van der Waals surface area contributed by atoms with E-state index in [0.717, 1.165) is 0 Å². The van der Waals surface area contributed by atoms with Crippen LogP contribution in [0.4, 0.5) is 4.79 Å². The molecule has 0 aromatic carbocycles. The van der Waals surface area contributed by atoms with Crippen molar-refractivity contribution in [3.05, 3.63) is 0 Å². The van der Waals surface area contributed by atoms with Crippen LogP contribution in [0, 0.1) is 11.8 Å². The third-order valence-corrected chi connectivity index (χ3v) is 5.58. The molecule has 4 unspecified atom stereocenters. The minimum absolute atomic E-state index is 0.139. The number of carbonyl (C=O) groups is 4. The molecule has 2 rings (SSSR count). The van der Waals surface area contributed by atoms with Crippen molar-refractivity contribution in [3.63, 3.8) is 0 Å². The summed E-state index contributed by atoms with van der Waals surface area (Å²) in [6.45, 7) is 1.63. The van der Waals surface area contributed by atoms with Crippen molar-refractivity contribution in [2.24, 2.45) is 11.8 Å². The van der Waals surface area contributed by atoms with Crippen molar-refractivity contribution in [2.45, 2.75) is 37.0 Å². The lowest BCUT2D eigenvalue weighted by molar-refractivity contribution is -0.147. The second-order valence-electron chi connectivity index (χ2n) is 6.28. The molecule has 3 amide bonds. The molecule has 25 heavy (non-hydrogen) atoms. The molecule has 0 aliphatic carbocycles. The topological polar surface area (TPSA) is 134 Å². The number of Topliss-reactive ketones (excluding diaryl/α,β-unsaturated/α-hetero) is 1. The number of amides is 3. The van der Waals surface area contributed by atoms with Crippen molar-refractivity contribution in [1.29, 1.82) is 0 Å². The van der Waals surface area contributed by atoms with Crippen LogP contribution in [0.15, 0.2) is 0 Å². The van der Waals surface area contributed by atoms with Gasteiger partial charge in [-0.1, -0.05) is 18.5 Å². The quantitative estimate of drug-likeness (QED) is 0.334. The summed E-state index contributed by atoms with van der Waals surface area (Å²) in [5.41, 5.74) is 0. The second-order valence-corrected chi connectivity index (χ2v) is 8.77. The molecule has 140 valence electrons. The maximum absolute atomic E-state index is 12.3. The van der Waals surface area contributed by atoms with E-state index in [-0.39, 0.29) is 30.9 Å². The third-order valence-electron chi connectivity index (χ3n) is 4.47. The highest BCUT2D eigenvalue weighted by Crippen LogP contribution is 2.43. The van der Waals surface area contributed by atoms with Crippen LogP contribution in [0.1, 0.15) is 19.8 Å². The molecule has 2 heterocycles. The Bertz CT molecular complexity index is 585. The summed E-state index contributed by atoms with van der Waals surface area (Å²) in [7, 11) is 4.46. The standard InChI is InChI=1S/C14H23N3O6P2/c1-6(18)14(24,25)17-13(22)16-5-4-15-11(19)9-7-2-3-8(23-7)10(9)12(20)21/h7-10H,2-5,24-25H2,1H3,(H,15,19)(H,20,21)(H2,16,17,22)/t7-,8+,9?,10?/m0/s1. The third kappa shape index (κ3) is 4.66. The van der Waals surface area contributed by atoms with E-state index in [1.807, 2.05) is 0 Å². The summed E-state index contributed by atoms with van der Waals surface area (Å²) in [4.78, 5) is 46.6. The summed E-state index contributed by atoms with van der Waals surface area (Å²) in [5.74, 6) is -3.17. The molecule has 0 spiro atoms. The first-order chi connectivity index (χ1) is 11.6. The number of fused-ring (bicyclic) bond motifs is 2. The van der Waals surface area contributed by atoms with Gasteiger partial charge in [0.25, 0.3) is 0 Å². The van der Waals surface area contributed by atoms with Crippen LogP contribution >= 0.6 is 18.5 Å². The van der Waals surface area contributed by atoms with Gasteiger partial charge in [-0.15, -0.1) is 0 Å². The number of hydrogen-bond donors (Lipinski definition) is 4. The minimum atomic E-state index is -1.14. The number of hydrogen-bond acceptors (Lipinski definition) is 5. The number of ketones is 1. The lowest BCUT2D eigenvalue weighted by Crippen LogP contribution is -2.50. The highest BCUT2D eigenvalue weighted by Gasteiger charge is 2.55. The predicted molar refractivity (Wildman–Crippen MR) is 94.9 cm³/mol. The van der Waals surface area contributed by atoms with Gasteiger partial charge in [-0.05, 0) is 19.8 Å². The molecule has 6 atom stereocenters. The number of rotatable bonds is 7. The molecule has 11 heteroatoms. The fourth-order valence-electron chi connectivity index (χ4n) is 3.12. The average Bonchev–Trinajstić information content (AvgIpc) is 3.11. The second kappa shape index (κ2) is 7.94. The number of urea groups is 1. The van der Waals surface area contributed by atoms with Gasteiger partial charge in [0.2, 0.25) is 5.91 Å². The Kier molecular flexibility index (Phi) is 6.35. The van der Waals surface area contributed by atoms with Gasteiger partial charge in [-0.2, -0.15) is 0 Å². The van der Waals surface area contributed by atoms with E-state index in [1.165, 1.54) is 6.92 Å². The van der Waals surface area contributed by atoms with Crippen LogP contribution in [-0.2, 0) is 19.1 Å². The minimum Gasteiger partial charge on any atom is -0.481 e. The molecule has 2 fully saturated rings. The van der Waals surface area contributed by atoms with E-state index in [2.05, 4.69) is 34.4 Å². The summed E-state index contributed by atoms with van der Waals surface area (Å²) in [6.07, 6.45) is 0.594. The number of carboxylic acid groups (broad SMARTS) is 1. The largest absolute Gasteiger partial charge is 0.481 e. The average molecular weight is 391 g/mol. The molecule has 0 aromatic rings. The summed E-state index contributed by atoms with van der Waals surface area (Å²) >= 11 is 0. The Morgan fingerprint density at radius 1 is 1.08 bits per heavy atom. The van der Waals surface area contributed by atoms with Crippen LogP contribution in [0.3, 0.4) is 0 Å². The Morgan fingerprint density at radius 2 is 1.64 bits per heavy atom. The smallest absolute Gasteiger partial charge is 0.316 e. The first-order valence-corrected chi connectivity index (χ1v) is 9.09. The maximum Gasteiger partial charge on any atom is 0.316 e. The zero-order valence-corrected chi connectivity index (χ0v) is 16.1. The van der Waals surface area contributed by atoms with Crippen molar-refractivity contribution in [3.8, 4) is 0 Å². The van der Waals surface area contributed by atoms with Gasteiger partial charge in [0.15, 0.2) is 5.78 Å². The van der Waals surface area contributed by atoms with Gasteiger partial charge >= 0.3 is 12.0 Å². The lowest BCUT2D eigenvalue weighted by Gasteiger charge is -2.24. The summed E-state index contributed by atoms with van der Waals surface area (Å²) in [5, 5.41) is 15.8. The highest BCUT2D eigenvalue weighted by atomic mass is 31.1. The van der Waals surface area contributed by atoms with E-state index in [1.54, 1.807) is 0 Å². The van der Waals surface area contributed by atoms with Gasteiger partial charge in [0.05, 0.1) is 24.0 Å². The number of carbonyl (C=O) groups excluding carboxylic acids is 3. The molecule has 2 aliphatic rings. The molecule has 2 aliphatic heterocycles. The van der Waals surface area contributed by atoms with Gasteiger partial charge in [-0.3, -0.25) is 14.4 Å². The number of aliphatic carboxylic acids is 1. The maximum atomic E-state index is 12.3. The van der Waals surface area contributed by atoms with Crippen molar-refractivity contribution >= 4 is 42.2 Å². The summed E-state index contributed by atoms with van der Waals surface area (Å²) in [6, 6.07) is -0.555. The molecule has 4 N–H and O–H groups in total. The molecule has 0 radical (unpaired) electrons. The van der Waals surface area contributed by atoms with E-state index >= 15 is 0 Å². The van der Waals surface area contributed by atoms with Crippen molar-refractivity contribution in [1.82, 2.24) is 16.0 Å². The van der Waals surface area contributed by atoms with Gasteiger partial charge in [0.1, 0.15) is 5.02 Å². The van der Waals surface area contributed by atoms with Crippen molar-refractivity contribution in [2.75, 3.05) is 13.1 Å². The predicted octanol–water partition coefficient (Wildman–Crippen LogP) is -0.727. The molecule has 2 saturated heterocycles. The van der Waals surface area contributed by atoms with Gasteiger partial charge in [-0.25, -0.2) is 4.79 Å². The fourth-order valence-corrected chi connectivity index (χ4v) is 3.39. The van der Waals surface area contributed by atoms with Crippen LogP contribution in [0.25, 0.3) is 0 Å². The number of ether oxygens (including phenoxy) is 1. The summed E-state index contributed by atoms with van der Waals surface area (Å²) < 4.78 is 5.54. The molecular weight excluding hydrogens is 368 g/mol. The van der Waals surface area contributed by atoms with E-state index in [9.17, 15) is 24.3 Å². The van der Waals surface area contributed by atoms with Crippen LogP contribution in [-0.4, -0.2) is 59.1 Å². The molecular formula is C14H23N3O6P2. The first kappa shape index (κ1) is 20.0. The number of carboxylic acids is 1. The van der Waals surface area contributed by atoms with Crippen LogP contribution in [0.5, 0.6) is 0 Å². The van der Waals surface area contributed by atoms with E-state index < -0.39 is 35.0 Å². The SMILES string of the molecule is CC(=O)C(P)(P)NC(=O)NCCNC(=O)C1C(C(=O)O)[C@H]2CC[C@@H]1O2. The molecule has 2 bridgehead atoms. The van der Waals surface area contributed by atoms with E-state index in [4.69, 9.17) is 4.74 Å². The molecule has 0 aromatic heterocycles. The van der Waals surface area contributed by atoms with Crippen LogP contribution < -0.4 is 16.0 Å². The van der Waals surface area contributed by atoms with E-state index in [0.29, 0.717) is 12.8 Å². The normalized spacial score (nSPS) is 27.6. The highest BCUT2D eigenvalue weighted by molar-refractivity contribution is 7.42. The van der Waals surface area contributed by atoms with Gasteiger partial charge in [0, 0.05) is 13.1 Å².